The van der Waals surface area contributed by atoms with Crippen molar-refractivity contribution in [1.82, 2.24) is 9.38 Å². The van der Waals surface area contributed by atoms with Crippen LogP contribution in [0.3, 0.4) is 0 Å². The zero-order valence-corrected chi connectivity index (χ0v) is 11.7. The molecule has 0 N–H and O–H groups in total. The predicted octanol–water partition coefficient (Wildman–Crippen LogP) is 3.12. The molecule has 0 amide bonds. The molecule has 0 saturated heterocycles. The first kappa shape index (κ1) is 14.0. The third kappa shape index (κ3) is 2.61. The highest BCUT2D eigenvalue weighted by molar-refractivity contribution is 6.32. The number of fused-ring (bicyclic) bond motifs is 1. The topological polar surface area (TPSA) is 86.7 Å². The molecule has 0 atom stereocenters. The maximum atomic E-state index is 12.0. The van der Waals surface area contributed by atoms with E-state index >= 15 is 0 Å². The van der Waals surface area contributed by atoms with Gasteiger partial charge in [-0.1, -0.05) is 17.7 Å². The Morgan fingerprint density at radius 1 is 1.32 bits per heavy atom. The molecule has 0 saturated carbocycles. The highest BCUT2D eigenvalue weighted by atomic mass is 35.5. The van der Waals surface area contributed by atoms with E-state index in [-0.39, 0.29) is 22.2 Å². The quantitative estimate of drug-likeness (QED) is 0.320. The van der Waals surface area contributed by atoms with E-state index in [0.717, 1.165) is 0 Å². The first-order chi connectivity index (χ1) is 10.5. The highest BCUT2D eigenvalue weighted by Gasteiger charge is 2.16. The SMILES string of the molecule is O=C(Oc1ccc([N+](=O)[O-])c(Cl)c1)c1cn2ccccc2n1. The highest BCUT2D eigenvalue weighted by Crippen LogP contribution is 2.28. The molecule has 7 nitrogen and oxygen atoms in total. The third-order valence-electron chi connectivity index (χ3n) is 2.90. The molecule has 2 heterocycles. The molecular weight excluding hydrogens is 310 g/mol. The van der Waals surface area contributed by atoms with Crippen molar-refractivity contribution in [2.75, 3.05) is 0 Å². The maximum Gasteiger partial charge on any atom is 0.363 e. The smallest absolute Gasteiger partial charge is 0.363 e. The van der Waals surface area contributed by atoms with Crippen molar-refractivity contribution < 1.29 is 14.5 Å². The molecule has 3 rings (SSSR count). The van der Waals surface area contributed by atoms with Crippen LogP contribution in [0.5, 0.6) is 5.75 Å². The number of hydrogen-bond acceptors (Lipinski definition) is 5. The van der Waals surface area contributed by atoms with Gasteiger partial charge in [0.25, 0.3) is 5.69 Å². The summed E-state index contributed by atoms with van der Waals surface area (Å²) in [6, 6.07) is 9.05. The standard InChI is InChI=1S/C14H8ClN3O4/c15-10-7-9(4-5-12(10)18(20)21)22-14(19)11-8-17-6-2-1-3-13(17)16-11/h1-8H. The second kappa shape index (κ2) is 5.45. The minimum absolute atomic E-state index is 0.106. The lowest BCUT2D eigenvalue weighted by molar-refractivity contribution is -0.384. The Labute approximate surface area is 128 Å². The van der Waals surface area contributed by atoms with E-state index in [4.69, 9.17) is 16.3 Å². The van der Waals surface area contributed by atoms with Gasteiger partial charge >= 0.3 is 5.97 Å². The lowest BCUT2D eigenvalue weighted by atomic mass is 10.3. The number of halogens is 1. The van der Waals surface area contributed by atoms with Gasteiger partial charge < -0.3 is 9.14 Å². The van der Waals surface area contributed by atoms with Gasteiger partial charge in [-0.3, -0.25) is 10.1 Å². The summed E-state index contributed by atoms with van der Waals surface area (Å²) >= 11 is 5.77. The fourth-order valence-electron chi connectivity index (χ4n) is 1.89. The molecule has 0 radical (unpaired) electrons. The maximum absolute atomic E-state index is 12.0. The van der Waals surface area contributed by atoms with Crippen molar-refractivity contribution in [3.63, 3.8) is 0 Å². The van der Waals surface area contributed by atoms with Crippen molar-refractivity contribution in [1.29, 1.82) is 0 Å². The average Bonchev–Trinajstić information content (AvgIpc) is 2.91. The zero-order valence-electron chi connectivity index (χ0n) is 11.0. The van der Waals surface area contributed by atoms with Gasteiger partial charge in [0.2, 0.25) is 0 Å². The summed E-state index contributed by atoms with van der Waals surface area (Å²) in [5.74, 6) is -0.564. The van der Waals surface area contributed by atoms with E-state index in [2.05, 4.69) is 4.98 Å². The molecule has 8 heteroatoms. The molecule has 0 aliphatic carbocycles. The van der Waals surface area contributed by atoms with Gasteiger partial charge in [0.05, 0.1) is 4.92 Å². The molecule has 22 heavy (non-hydrogen) atoms. The Morgan fingerprint density at radius 2 is 2.14 bits per heavy atom. The van der Waals surface area contributed by atoms with E-state index in [1.165, 1.54) is 24.4 Å². The normalized spacial score (nSPS) is 10.6. The summed E-state index contributed by atoms with van der Waals surface area (Å²) < 4.78 is 6.80. The van der Waals surface area contributed by atoms with Crippen molar-refractivity contribution in [3.05, 3.63) is 69.6 Å². The van der Waals surface area contributed by atoms with Crippen LogP contribution in [0.15, 0.2) is 48.8 Å². The Balaban J connectivity index is 1.84. The Hall–Kier alpha value is -2.93. The number of aromatic nitrogens is 2. The molecule has 0 unspecified atom stereocenters. The molecule has 0 aliphatic heterocycles. The molecule has 1 aromatic carbocycles. The van der Waals surface area contributed by atoms with Crippen LogP contribution in [-0.4, -0.2) is 20.3 Å². The van der Waals surface area contributed by atoms with Gasteiger partial charge in [0.15, 0.2) is 5.69 Å². The number of nitro benzene ring substituents is 1. The fourth-order valence-corrected chi connectivity index (χ4v) is 2.13. The van der Waals surface area contributed by atoms with Gasteiger partial charge in [-0.25, -0.2) is 9.78 Å². The zero-order chi connectivity index (χ0) is 15.7. The minimum Gasteiger partial charge on any atom is -0.422 e. The lowest BCUT2D eigenvalue weighted by Gasteiger charge is -2.02. The molecule has 110 valence electrons. The molecule has 3 aromatic rings. The average molecular weight is 318 g/mol. The third-order valence-corrected chi connectivity index (χ3v) is 3.20. The van der Waals surface area contributed by atoms with Crippen LogP contribution in [0, 0.1) is 10.1 Å². The number of pyridine rings is 1. The summed E-state index contributed by atoms with van der Waals surface area (Å²) in [4.78, 5) is 26.2. The van der Waals surface area contributed by atoms with E-state index in [1.807, 2.05) is 0 Å². The van der Waals surface area contributed by atoms with Gasteiger partial charge in [0, 0.05) is 24.5 Å². The summed E-state index contributed by atoms with van der Waals surface area (Å²) in [5.41, 5.74) is 0.478. The largest absolute Gasteiger partial charge is 0.422 e. The monoisotopic (exact) mass is 317 g/mol. The van der Waals surface area contributed by atoms with Crippen LogP contribution in [0.4, 0.5) is 5.69 Å². The van der Waals surface area contributed by atoms with Crippen molar-refractivity contribution in [3.8, 4) is 5.75 Å². The number of benzene rings is 1. The van der Waals surface area contributed by atoms with E-state index < -0.39 is 10.9 Å². The number of nitrogens with zero attached hydrogens (tertiary/aromatic N) is 3. The number of carbonyl (C=O) groups excluding carboxylic acids is 1. The van der Waals surface area contributed by atoms with E-state index in [0.29, 0.717) is 5.65 Å². The summed E-state index contributed by atoms with van der Waals surface area (Å²) in [7, 11) is 0. The number of nitro groups is 1. The molecular formula is C14H8ClN3O4. The number of hydrogen-bond donors (Lipinski definition) is 0. The second-order valence-electron chi connectivity index (χ2n) is 4.35. The van der Waals surface area contributed by atoms with Crippen LogP contribution >= 0.6 is 11.6 Å². The molecule has 0 spiro atoms. The van der Waals surface area contributed by atoms with Crippen LogP contribution in [0.1, 0.15) is 10.5 Å². The first-order valence-corrected chi connectivity index (χ1v) is 6.52. The van der Waals surface area contributed by atoms with Gasteiger partial charge in [-0.05, 0) is 18.2 Å². The van der Waals surface area contributed by atoms with Gasteiger partial charge in [-0.2, -0.15) is 0 Å². The van der Waals surface area contributed by atoms with Crippen LogP contribution in [0.2, 0.25) is 5.02 Å². The Bertz CT molecular complexity index is 858. The number of rotatable bonds is 3. The molecule has 2 aromatic heterocycles. The van der Waals surface area contributed by atoms with Gasteiger partial charge in [0.1, 0.15) is 16.4 Å². The van der Waals surface area contributed by atoms with Crippen molar-refractivity contribution >= 4 is 28.9 Å². The number of ether oxygens (including phenoxy) is 1. The lowest BCUT2D eigenvalue weighted by Crippen LogP contribution is -2.08. The predicted molar refractivity (Wildman–Crippen MR) is 78.3 cm³/mol. The van der Waals surface area contributed by atoms with Crippen molar-refractivity contribution in [2.45, 2.75) is 0 Å². The van der Waals surface area contributed by atoms with Gasteiger partial charge in [-0.15, -0.1) is 0 Å². The summed E-state index contributed by atoms with van der Waals surface area (Å²) in [5, 5.41) is 10.6. The fraction of sp³-hybridized carbons (Fsp3) is 0. The molecule has 0 bridgehead atoms. The summed E-state index contributed by atoms with van der Waals surface area (Å²) in [6.45, 7) is 0. The van der Waals surface area contributed by atoms with Crippen molar-refractivity contribution in [2.24, 2.45) is 0 Å². The number of carbonyl (C=O) groups is 1. The minimum atomic E-state index is -0.673. The molecule has 0 fully saturated rings. The number of esters is 1. The first-order valence-electron chi connectivity index (χ1n) is 6.14. The van der Waals surface area contributed by atoms with Crippen LogP contribution < -0.4 is 4.74 Å². The Morgan fingerprint density at radius 3 is 2.82 bits per heavy atom. The number of imidazole rings is 1. The van der Waals surface area contributed by atoms with Crippen LogP contribution in [0.25, 0.3) is 5.65 Å². The van der Waals surface area contributed by atoms with E-state index in [1.54, 1.807) is 28.8 Å². The van der Waals surface area contributed by atoms with Crippen LogP contribution in [-0.2, 0) is 0 Å². The molecule has 0 aliphatic rings. The van der Waals surface area contributed by atoms with E-state index in [9.17, 15) is 14.9 Å². The Kier molecular flexibility index (Phi) is 3.48. The second-order valence-corrected chi connectivity index (χ2v) is 4.76. The summed E-state index contributed by atoms with van der Waals surface area (Å²) in [6.07, 6.45) is 3.28.